The Hall–Kier alpha value is -1.05. The van der Waals surface area contributed by atoms with Crippen LogP contribution in [-0.4, -0.2) is 11.8 Å². The SMILES string of the molecule is Oc1ccc(C2(CF)CCC2)cc1. The highest BCUT2D eigenvalue weighted by Crippen LogP contribution is 2.44. The summed E-state index contributed by atoms with van der Waals surface area (Å²) in [5.41, 5.74) is 0.798. The van der Waals surface area contributed by atoms with Crippen molar-refractivity contribution in [1.82, 2.24) is 0 Å². The van der Waals surface area contributed by atoms with Crippen LogP contribution >= 0.6 is 0 Å². The van der Waals surface area contributed by atoms with Crippen molar-refractivity contribution in [3.8, 4) is 5.75 Å². The highest BCUT2D eigenvalue weighted by Gasteiger charge is 2.38. The molecular weight excluding hydrogens is 167 g/mol. The minimum Gasteiger partial charge on any atom is -0.508 e. The second-order valence-electron chi connectivity index (χ2n) is 3.81. The van der Waals surface area contributed by atoms with Crippen LogP contribution in [0.25, 0.3) is 0 Å². The van der Waals surface area contributed by atoms with Gasteiger partial charge in [-0.2, -0.15) is 0 Å². The first-order chi connectivity index (χ1) is 6.27. The Balaban J connectivity index is 2.28. The fourth-order valence-electron chi connectivity index (χ4n) is 1.92. The number of hydrogen-bond donors (Lipinski definition) is 1. The van der Waals surface area contributed by atoms with E-state index < -0.39 is 0 Å². The third-order valence-corrected chi connectivity index (χ3v) is 3.05. The van der Waals surface area contributed by atoms with Crippen molar-refractivity contribution >= 4 is 0 Å². The van der Waals surface area contributed by atoms with Gasteiger partial charge in [-0.1, -0.05) is 18.6 Å². The van der Waals surface area contributed by atoms with E-state index in [-0.39, 0.29) is 17.8 Å². The van der Waals surface area contributed by atoms with Gasteiger partial charge in [-0.15, -0.1) is 0 Å². The molecule has 13 heavy (non-hydrogen) atoms. The normalized spacial score (nSPS) is 19.5. The van der Waals surface area contributed by atoms with E-state index in [1.54, 1.807) is 12.1 Å². The Morgan fingerprint density at radius 3 is 2.23 bits per heavy atom. The van der Waals surface area contributed by atoms with Gasteiger partial charge in [-0.3, -0.25) is 4.39 Å². The smallest absolute Gasteiger partial charge is 0.115 e. The van der Waals surface area contributed by atoms with E-state index in [1.165, 1.54) is 0 Å². The molecule has 1 fully saturated rings. The van der Waals surface area contributed by atoms with Crippen molar-refractivity contribution in [2.45, 2.75) is 24.7 Å². The Labute approximate surface area is 77.2 Å². The number of aromatic hydroxyl groups is 1. The molecular formula is C11H13FO. The molecule has 1 aliphatic carbocycles. The highest BCUT2D eigenvalue weighted by molar-refractivity contribution is 5.33. The van der Waals surface area contributed by atoms with E-state index in [0.717, 1.165) is 24.8 Å². The molecule has 2 heteroatoms. The van der Waals surface area contributed by atoms with Crippen LogP contribution in [0.5, 0.6) is 5.75 Å². The largest absolute Gasteiger partial charge is 0.508 e. The number of halogens is 1. The molecule has 1 aliphatic rings. The monoisotopic (exact) mass is 180 g/mol. The maximum Gasteiger partial charge on any atom is 0.115 e. The Kier molecular flexibility index (Phi) is 1.98. The molecule has 0 atom stereocenters. The van der Waals surface area contributed by atoms with E-state index in [9.17, 15) is 4.39 Å². The fraction of sp³-hybridized carbons (Fsp3) is 0.455. The molecule has 0 saturated heterocycles. The van der Waals surface area contributed by atoms with Crippen molar-refractivity contribution in [3.05, 3.63) is 29.8 Å². The molecule has 0 heterocycles. The first-order valence-electron chi connectivity index (χ1n) is 4.62. The van der Waals surface area contributed by atoms with Gasteiger partial charge < -0.3 is 5.11 Å². The van der Waals surface area contributed by atoms with Crippen LogP contribution in [-0.2, 0) is 5.41 Å². The summed E-state index contributed by atoms with van der Waals surface area (Å²) in [7, 11) is 0. The van der Waals surface area contributed by atoms with Gasteiger partial charge in [-0.05, 0) is 30.5 Å². The van der Waals surface area contributed by atoms with Gasteiger partial charge in [0.1, 0.15) is 5.75 Å². The molecule has 0 radical (unpaired) electrons. The molecule has 0 spiro atoms. The van der Waals surface area contributed by atoms with Crippen molar-refractivity contribution in [2.24, 2.45) is 0 Å². The van der Waals surface area contributed by atoms with E-state index in [4.69, 9.17) is 5.11 Å². The topological polar surface area (TPSA) is 20.2 Å². The third kappa shape index (κ3) is 1.30. The zero-order valence-electron chi connectivity index (χ0n) is 7.46. The second-order valence-corrected chi connectivity index (χ2v) is 3.81. The van der Waals surface area contributed by atoms with Gasteiger partial charge in [0.15, 0.2) is 0 Å². The summed E-state index contributed by atoms with van der Waals surface area (Å²) >= 11 is 0. The highest BCUT2D eigenvalue weighted by atomic mass is 19.1. The van der Waals surface area contributed by atoms with Gasteiger partial charge in [0.05, 0.1) is 6.67 Å². The standard InChI is InChI=1S/C11H13FO/c12-8-11(6-1-7-11)9-2-4-10(13)5-3-9/h2-5,13H,1,6-8H2. The van der Waals surface area contributed by atoms with Crippen LogP contribution in [0.15, 0.2) is 24.3 Å². The van der Waals surface area contributed by atoms with Crippen LogP contribution in [0.1, 0.15) is 24.8 Å². The maximum atomic E-state index is 12.8. The second kappa shape index (κ2) is 3.02. The van der Waals surface area contributed by atoms with Gasteiger partial charge in [0, 0.05) is 5.41 Å². The molecule has 1 nitrogen and oxygen atoms in total. The number of alkyl halides is 1. The molecule has 70 valence electrons. The number of phenols is 1. The van der Waals surface area contributed by atoms with E-state index in [1.807, 2.05) is 12.1 Å². The molecule has 1 aromatic carbocycles. The third-order valence-electron chi connectivity index (χ3n) is 3.05. The van der Waals surface area contributed by atoms with E-state index in [0.29, 0.717) is 0 Å². The number of hydrogen-bond acceptors (Lipinski definition) is 1. The lowest BCUT2D eigenvalue weighted by Gasteiger charge is -2.40. The van der Waals surface area contributed by atoms with E-state index in [2.05, 4.69) is 0 Å². The van der Waals surface area contributed by atoms with Gasteiger partial charge >= 0.3 is 0 Å². The van der Waals surface area contributed by atoms with Crippen LogP contribution in [0.3, 0.4) is 0 Å². The Morgan fingerprint density at radius 2 is 1.85 bits per heavy atom. The van der Waals surface area contributed by atoms with Crippen LogP contribution in [0, 0.1) is 0 Å². The summed E-state index contributed by atoms with van der Waals surface area (Å²) in [5, 5.41) is 9.09. The van der Waals surface area contributed by atoms with E-state index >= 15 is 0 Å². The molecule has 1 N–H and O–H groups in total. The summed E-state index contributed by atoms with van der Waals surface area (Å²) in [6, 6.07) is 6.91. The van der Waals surface area contributed by atoms with Gasteiger partial charge in [-0.25, -0.2) is 0 Å². The maximum absolute atomic E-state index is 12.8. The molecule has 1 saturated carbocycles. The first-order valence-corrected chi connectivity index (χ1v) is 4.62. The molecule has 2 rings (SSSR count). The lowest BCUT2D eigenvalue weighted by atomic mass is 9.65. The molecule has 0 unspecified atom stereocenters. The first kappa shape index (κ1) is 8.54. The zero-order valence-corrected chi connectivity index (χ0v) is 7.46. The molecule has 0 aromatic heterocycles. The minimum absolute atomic E-state index is 0.228. The van der Waals surface area contributed by atoms with Crippen molar-refractivity contribution in [3.63, 3.8) is 0 Å². The van der Waals surface area contributed by atoms with Crippen LogP contribution in [0.4, 0.5) is 4.39 Å². The molecule has 1 aromatic rings. The number of benzene rings is 1. The average molecular weight is 180 g/mol. The number of phenolic OH excluding ortho intramolecular Hbond substituents is 1. The molecule has 0 amide bonds. The Bertz CT molecular complexity index is 282. The predicted octanol–water partition coefficient (Wildman–Crippen LogP) is 2.78. The van der Waals surface area contributed by atoms with Crippen LogP contribution < -0.4 is 0 Å². The quantitative estimate of drug-likeness (QED) is 0.742. The molecule has 0 aliphatic heterocycles. The van der Waals surface area contributed by atoms with Crippen molar-refractivity contribution < 1.29 is 9.50 Å². The fourth-order valence-corrected chi connectivity index (χ4v) is 1.92. The van der Waals surface area contributed by atoms with Crippen molar-refractivity contribution in [1.29, 1.82) is 0 Å². The summed E-state index contributed by atoms with van der Waals surface area (Å²) in [5.74, 6) is 0.247. The lowest BCUT2D eigenvalue weighted by molar-refractivity contribution is 0.184. The zero-order chi connectivity index (χ0) is 9.31. The molecule has 0 bridgehead atoms. The van der Waals surface area contributed by atoms with Gasteiger partial charge in [0.25, 0.3) is 0 Å². The van der Waals surface area contributed by atoms with Crippen molar-refractivity contribution in [2.75, 3.05) is 6.67 Å². The van der Waals surface area contributed by atoms with Gasteiger partial charge in [0.2, 0.25) is 0 Å². The number of rotatable bonds is 2. The summed E-state index contributed by atoms with van der Waals surface area (Å²) < 4.78 is 12.8. The summed E-state index contributed by atoms with van der Waals surface area (Å²) in [6.45, 7) is -0.280. The summed E-state index contributed by atoms with van der Waals surface area (Å²) in [4.78, 5) is 0. The van der Waals surface area contributed by atoms with Crippen LogP contribution in [0.2, 0.25) is 0 Å². The Morgan fingerprint density at radius 1 is 1.23 bits per heavy atom. The summed E-state index contributed by atoms with van der Waals surface area (Å²) in [6.07, 6.45) is 2.99. The predicted molar refractivity (Wildman–Crippen MR) is 49.6 cm³/mol. The lowest BCUT2D eigenvalue weighted by Crippen LogP contribution is -2.36. The minimum atomic E-state index is -0.280. The average Bonchev–Trinajstić information content (AvgIpc) is 2.07.